The summed E-state index contributed by atoms with van der Waals surface area (Å²) in [6.45, 7) is 2.78. The Kier molecular flexibility index (Phi) is 5.68. The number of amides is 1. The van der Waals surface area contributed by atoms with E-state index in [0.717, 1.165) is 43.2 Å². The van der Waals surface area contributed by atoms with Crippen LogP contribution in [0.1, 0.15) is 86.9 Å². The first-order valence-electron chi connectivity index (χ1n) is 12.5. The van der Waals surface area contributed by atoms with Gasteiger partial charge in [-0.05, 0) is 73.5 Å². The van der Waals surface area contributed by atoms with Gasteiger partial charge in [-0.1, -0.05) is 25.5 Å². The summed E-state index contributed by atoms with van der Waals surface area (Å²) in [5, 5.41) is 20.9. The number of nitriles is 1. The van der Waals surface area contributed by atoms with E-state index >= 15 is 0 Å². The molecule has 174 valence electrons. The van der Waals surface area contributed by atoms with Gasteiger partial charge in [-0.3, -0.25) is 9.59 Å². The second-order valence-corrected chi connectivity index (χ2v) is 10.4. The molecule has 1 aromatic heterocycles. The molecule has 3 fully saturated rings. The van der Waals surface area contributed by atoms with Gasteiger partial charge in [0.25, 0.3) is 0 Å². The van der Waals surface area contributed by atoms with Gasteiger partial charge in [0.15, 0.2) is 0 Å². The highest BCUT2D eigenvalue weighted by atomic mass is 16.4. The van der Waals surface area contributed by atoms with Gasteiger partial charge in [0.05, 0.1) is 5.92 Å². The number of carbonyl (C=O) groups excluding carboxylic acids is 1. The molecule has 4 atom stereocenters. The fraction of sp³-hybridized carbons (Fsp3) is 0.593. The molecule has 1 saturated heterocycles. The fourth-order valence-electron chi connectivity index (χ4n) is 6.68. The minimum Gasteiger partial charge on any atom is -0.481 e. The van der Waals surface area contributed by atoms with Crippen LogP contribution in [0.4, 0.5) is 0 Å². The SMILES string of the molecule is CC(CC(=O)N1CCCC2C(C(=O)O)CCCC21)c1c(C#N)n(C)c2cccc(C3CC3)c12. The third-order valence-corrected chi connectivity index (χ3v) is 8.39. The number of benzene rings is 1. The smallest absolute Gasteiger partial charge is 0.306 e. The lowest BCUT2D eigenvalue weighted by Gasteiger charge is -2.46. The minimum atomic E-state index is -0.714. The van der Waals surface area contributed by atoms with Crippen molar-refractivity contribution in [2.45, 2.75) is 76.2 Å². The summed E-state index contributed by atoms with van der Waals surface area (Å²) in [5.74, 6) is -0.390. The summed E-state index contributed by atoms with van der Waals surface area (Å²) in [5.41, 5.74) is 4.04. The van der Waals surface area contributed by atoms with Crippen molar-refractivity contribution in [3.05, 3.63) is 35.0 Å². The van der Waals surface area contributed by atoms with Gasteiger partial charge in [0, 0.05) is 37.0 Å². The molecule has 5 rings (SSSR count). The van der Waals surface area contributed by atoms with Gasteiger partial charge in [0.2, 0.25) is 5.91 Å². The molecule has 1 N–H and O–H groups in total. The highest BCUT2D eigenvalue weighted by Crippen LogP contribution is 2.47. The number of aliphatic carboxylic acids is 1. The van der Waals surface area contributed by atoms with Crippen LogP contribution in [-0.2, 0) is 16.6 Å². The first-order valence-corrected chi connectivity index (χ1v) is 12.5. The van der Waals surface area contributed by atoms with Gasteiger partial charge in [-0.25, -0.2) is 0 Å². The van der Waals surface area contributed by atoms with Crippen LogP contribution in [0.15, 0.2) is 18.2 Å². The molecule has 4 unspecified atom stereocenters. The highest BCUT2D eigenvalue weighted by Gasteiger charge is 2.43. The predicted octanol–water partition coefficient (Wildman–Crippen LogP) is 4.91. The Balaban J connectivity index is 1.44. The van der Waals surface area contributed by atoms with Crippen molar-refractivity contribution in [2.75, 3.05) is 6.54 Å². The molecule has 2 heterocycles. The Morgan fingerprint density at radius 1 is 1.18 bits per heavy atom. The molecule has 1 amide bonds. The van der Waals surface area contributed by atoms with Crippen LogP contribution in [-0.4, -0.2) is 39.0 Å². The largest absolute Gasteiger partial charge is 0.481 e. The number of aryl methyl sites for hydroxylation is 1. The molecule has 6 heteroatoms. The Labute approximate surface area is 195 Å². The maximum Gasteiger partial charge on any atom is 0.306 e. The third kappa shape index (κ3) is 3.72. The molecular formula is C27H33N3O3. The van der Waals surface area contributed by atoms with E-state index in [2.05, 4.69) is 31.2 Å². The zero-order chi connectivity index (χ0) is 23.3. The molecular weight excluding hydrogens is 414 g/mol. The zero-order valence-electron chi connectivity index (χ0n) is 19.6. The fourth-order valence-corrected chi connectivity index (χ4v) is 6.68. The molecule has 2 aliphatic carbocycles. The molecule has 0 bridgehead atoms. The number of piperidine rings is 1. The molecule has 1 aliphatic heterocycles. The van der Waals surface area contributed by atoms with E-state index in [-0.39, 0.29) is 29.7 Å². The van der Waals surface area contributed by atoms with Crippen LogP contribution in [0, 0.1) is 23.2 Å². The number of fused-ring (bicyclic) bond motifs is 2. The van der Waals surface area contributed by atoms with Crippen LogP contribution in [0.25, 0.3) is 10.9 Å². The van der Waals surface area contributed by atoms with Crippen LogP contribution in [0.3, 0.4) is 0 Å². The van der Waals surface area contributed by atoms with Crippen molar-refractivity contribution in [3.63, 3.8) is 0 Å². The second-order valence-electron chi connectivity index (χ2n) is 10.4. The van der Waals surface area contributed by atoms with E-state index < -0.39 is 5.97 Å². The van der Waals surface area contributed by atoms with Gasteiger partial charge in [-0.15, -0.1) is 0 Å². The van der Waals surface area contributed by atoms with Crippen molar-refractivity contribution < 1.29 is 14.7 Å². The van der Waals surface area contributed by atoms with Crippen molar-refractivity contribution in [2.24, 2.45) is 18.9 Å². The molecule has 3 aliphatic rings. The first kappa shape index (κ1) is 22.0. The Morgan fingerprint density at radius 2 is 1.97 bits per heavy atom. The van der Waals surface area contributed by atoms with Crippen LogP contribution in [0.2, 0.25) is 0 Å². The maximum atomic E-state index is 13.6. The highest BCUT2D eigenvalue weighted by molar-refractivity contribution is 5.92. The summed E-state index contributed by atoms with van der Waals surface area (Å²) in [4.78, 5) is 27.4. The van der Waals surface area contributed by atoms with Gasteiger partial charge in [-0.2, -0.15) is 5.26 Å². The molecule has 0 spiro atoms. The number of likely N-dealkylation sites (tertiary alicyclic amines) is 1. The predicted molar refractivity (Wildman–Crippen MR) is 126 cm³/mol. The Bertz CT molecular complexity index is 1140. The molecule has 33 heavy (non-hydrogen) atoms. The number of nitrogens with zero attached hydrogens (tertiary/aromatic N) is 3. The number of hydrogen-bond donors (Lipinski definition) is 1. The summed E-state index contributed by atoms with van der Waals surface area (Å²) < 4.78 is 1.98. The summed E-state index contributed by atoms with van der Waals surface area (Å²) in [7, 11) is 1.94. The monoisotopic (exact) mass is 447 g/mol. The van der Waals surface area contributed by atoms with E-state index in [1.165, 1.54) is 23.8 Å². The van der Waals surface area contributed by atoms with E-state index in [1.807, 2.05) is 16.5 Å². The number of carbonyl (C=O) groups is 2. The van der Waals surface area contributed by atoms with E-state index in [9.17, 15) is 20.0 Å². The topological polar surface area (TPSA) is 86.3 Å². The number of carboxylic acid groups (broad SMARTS) is 1. The molecule has 1 aromatic carbocycles. The van der Waals surface area contributed by atoms with E-state index in [0.29, 0.717) is 24.6 Å². The van der Waals surface area contributed by atoms with Crippen molar-refractivity contribution in [1.29, 1.82) is 5.26 Å². The van der Waals surface area contributed by atoms with Crippen molar-refractivity contribution >= 4 is 22.8 Å². The van der Waals surface area contributed by atoms with Gasteiger partial charge in [0.1, 0.15) is 11.8 Å². The number of aromatic nitrogens is 1. The van der Waals surface area contributed by atoms with Gasteiger partial charge >= 0.3 is 5.97 Å². The molecule has 2 aromatic rings. The summed E-state index contributed by atoms with van der Waals surface area (Å²) >= 11 is 0. The van der Waals surface area contributed by atoms with Crippen LogP contribution in [0.5, 0.6) is 0 Å². The number of hydrogen-bond acceptors (Lipinski definition) is 3. The number of carboxylic acids is 1. The van der Waals surface area contributed by atoms with Gasteiger partial charge < -0.3 is 14.6 Å². The van der Waals surface area contributed by atoms with Crippen LogP contribution < -0.4 is 0 Å². The maximum absolute atomic E-state index is 13.6. The average molecular weight is 448 g/mol. The quantitative estimate of drug-likeness (QED) is 0.705. The van der Waals surface area contributed by atoms with Crippen molar-refractivity contribution in [3.8, 4) is 6.07 Å². The second kappa shape index (κ2) is 8.52. The zero-order valence-corrected chi connectivity index (χ0v) is 19.6. The van der Waals surface area contributed by atoms with E-state index in [4.69, 9.17) is 0 Å². The van der Waals surface area contributed by atoms with E-state index in [1.54, 1.807) is 0 Å². The Morgan fingerprint density at radius 3 is 2.67 bits per heavy atom. The normalized spacial score (nSPS) is 26.0. The average Bonchev–Trinajstić information content (AvgIpc) is 3.61. The lowest BCUT2D eigenvalue weighted by molar-refractivity contribution is -0.152. The van der Waals surface area contributed by atoms with Crippen LogP contribution >= 0.6 is 0 Å². The third-order valence-electron chi connectivity index (χ3n) is 8.39. The molecule has 2 saturated carbocycles. The minimum absolute atomic E-state index is 0.0401. The standard InChI is InChI=1S/C27H33N3O3/c1-16(14-24(31)30-13-5-8-19-20(27(32)33)7-4-9-21(19)30)25-23(15-28)29(2)22-10-3-6-18(26(22)25)17-11-12-17/h3,6,10,16-17,19-21H,4-5,7-9,11-14H2,1-2H3,(H,32,33). The van der Waals surface area contributed by atoms with Crippen molar-refractivity contribution in [1.82, 2.24) is 9.47 Å². The first-order chi connectivity index (χ1) is 15.9. The molecule has 0 radical (unpaired) electrons. The lowest BCUT2D eigenvalue weighted by Crippen LogP contribution is -2.53. The summed E-state index contributed by atoms with van der Waals surface area (Å²) in [6, 6.07) is 8.78. The lowest BCUT2D eigenvalue weighted by atomic mass is 9.71. The Hall–Kier alpha value is -2.81. The number of rotatable bonds is 5. The molecule has 6 nitrogen and oxygen atoms in total. The summed E-state index contributed by atoms with van der Waals surface area (Å²) in [6.07, 6.45) is 6.98.